The molecule has 0 aliphatic heterocycles. The smallest absolute Gasteiger partial charge is 0.387 e. The molecule has 2 N–H and O–H groups in total. The first kappa shape index (κ1) is 14.4. The van der Waals surface area contributed by atoms with Crippen molar-refractivity contribution in [2.75, 3.05) is 6.61 Å². The van der Waals surface area contributed by atoms with Gasteiger partial charge < -0.3 is 15.2 Å². The van der Waals surface area contributed by atoms with Crippen LogP contribution >= 0.6 is 0 Å². The van der Waals surface area contributed by atoms with Gasteiger partial charge in [-0.15, -0.1) is 0 Å². The van der Waals surface area contributed by atoms with Gasteiger partial charge in [0, 0.05) is 0 Å². The van der Waals surface area contributed by atoms with Crippen molar-refractivity contribution in [1.82, 2.24) is 0 Å². The third kappa shape index (κ3) is 4.67. The maximum absolute atomic E-state index is 12.0. The topological polar surface area (TPSA) is 61.5 Å². The molecule has 0 aliphatic rings. The van der Waals surface area contributed by atoms with E-state index in [1.807, 2.05) is 0 Å². The Morgan fingerprint density at radius 1 is 1.44 bits per heavy atom. The maximum atomic E-state index is 12.0. The van der Waals surface area contributed by atoms with E-state index < -0.39 is 18.6 Å². The van der Waals surface area contributed by atoms with Gasteiger partial charge in [0.1, 0.15) is 11.8 Å². The highest BCUT2D eigenvalue weighted by atomic mass is 19.3. The molecule has 0 unspecified atom stereocenters. The lowest BCUT2D eigenvalue weighted by atomic mass is 10.1. The van der Waals surface area contributed by atoms with Crippen molar-refractivity contribution in [2.45, 2.75) is 26.0 Å². The molecule has 100 valence electrons. The average molecular weight is 259 g/mol. The molecular formula is C12H15F2NO3. The zero-order valence-electron chi connectivity index (χ0n) is 9.94. The minimum absolute atomic E-state index is 0.0403. The molecule has 0 spiro atoms. The Balaban J connectivity index is 2.64. The number of nitrogens with two attached hydrogens (primary N) is 1. The number of carbonyl (C=O) groups is 1. The number of alkyl halides is 2. The van der Waals surface area contributed by atoms with Crippen LogP contribution in [0.5, 0.6) is 5.75 Å². The van der Waals surface area contributed by atoms with Crippen molar-refractivity contribution in [3.05, 3.63) is 29.8 Å². The van der Waals surface area contributed by atoms with Gasteiger partial charge in [0.2, 0.25) is 0 Å². The molecule has 0 aromatic heterocycles. The second kappa shape index (κ2) is 6.90. The highest BCUT2D eigenvalue weighted by Gasteiger charge is 2.15. The fourth-order valence-electron chi connectivity index (χ4n) is 1.44. The molecule has 0 heterocycles. The van der Waals surface area contributed by atoms with Crippen LogP contribution in [0.25, 0.3) is 0 Å². The summed E-state index contributed by atoms with van der Waals surface area (Å²) in [5, 5.41) is 0. The Bertz CT molecular complexity index is 399. The van der Waals surface area contributed by atoms with Gasteiger partial charge in [-0.1, -0.05) is 12.1 Å². The van der Waals surface area contributed by atoms with Crippen LogP contribution in [0, 0.1) is 0 Å². The average Bonchev–Trinajstić information content (AvgIpc) is 2.28. The monoisotopic (exact) mass is 259 g/mol. The molecule has 1 atom stereocenters. The molecule has 0 fully saturated rings. The third-order valence-corrected chi connectivity index (χ3v) is 2.17. The van der Waals surface area contributed by atoms with Gasteiger partial charge in [0.25, 0.3) is 0 Å². The van der Waals surface area contributed by atoms with Crippen LogP contribution in [-0.4, -0.2) is 25.2 Å². The fourth-order valence-corrected chi connectivity index (χ4v) is 1.44. The summed E-state index contributed by atoms with van der Waals surface area (Å²) < 4.78 is 33.1. The van der Waals surface area contributed by atoms with Gasteiger partial charge >= 0.3 is 12.6 Å². The van der Waals surface area contributed by atoms with Gasteiger partial charge in [-0.2, -0.15) is 8.78 Å². The minimum Gasteiger partial charge on any atom is -0.465 e. The van der Waals surface area contributed by atoms with E-state index in [9.17, 15) is 13.6 Å². The van der Waals surface area contributed by atoms with Gasteiger partial charge in [-0.25, -0.2) is 0 Å². The fraction of sp³-hybridized carbons (Fsp3) is 0.417. The van der Waals surface area contributed by atoms with Crippen LogP contribution < -0.4 is 10.5 Å². The molecule has 1 aromatic rings. The summed E-state index contributed by atoms with van der Waals surface area (Å²) in [6.45, 7) is -0.943. The number of esters is 1. The van der Waals surface area contributed by atoms with Crippen LogP contribution in [0.4, 0.5) is 8.78 Å². The lowest BCUT2D eigenvalue weighted by molar-refractivity contribution is -0.144. The third-order valence-electron chi connectivity index (χ3n) is 2.17. The molecule has 0 bridgehead atoms. The summed E-state index contributed by atoms with van der Waals surface area (Å²) in [6.07, 6.45) is 0.208. The Kier molecular flexibility index (Phi) is 5.51. The lowest BCUT2D eigenvalue weighted by Crippen LogP contribution is -2.34. The standard InChI is InChI=1S/C12H15F2NO3/c1-2-17-11(16)10(15)7-8-4-3-5-9(6-8)18-12(13)14/h3-6,10,12H,2,7,15H2,1H3/t10-/m0/s1. The van der Waals surface area contributed by atoms with E-state index in [-0.39, 0.29) is 18.8 Å². The van der Waals surface area contributed by atoms with E-state index in [0.717, 1.165) is 0 Å². The quantitative estimate of drug-likeness (QED) is 0.790. The van der Waals surface area contributed by atoms with E-state index in [1.165, 1.54) is 12.1 Å². The number of halogens is 2. The van der Waals surface area contributed by atoms with Gasteiger partial charge in [-0.3, -0.25) is 4.79 Å². The zero-order chi connectivity index (χ0) is 13.5. The zero-order valence-corrected chi connectivity index (χ0v) is 9.94. The van der Waals surface area contributed by atoms with Crippen molar-refractivity contribution in [3.63, 3.8) is 0 Å². The minimum atomic E-state index is -2.88. The molecular weight excluding hydrogens is 244 g/mol. The molecule has 4 nitrogen and oxygen atoms in total. The number of hydrogen-bond donors (Lipinski definition) is 1. The van der Waals surface area contributed by atoms with Crippen LogP contribution in [0.1, 0.15) is 12.5 Å². The predicted octanol–water partition coefficient (Wildman–Crippen LogP) is 1.72. The number of hydrogen-bond acceptors (Lipinski definition) is 4. The number of rotatable bonds is 6. The van der Waals surface area contributed by atoms with Crippen LogP contribution in [0.15, 0.2) is 24.3 Å². The van der Waals surface area contributed by atoms with Crippen molar-refractivity contribution >= 4 is 5.97 Å². The van der Waals surface area contributed by atoms with E-state index in [1.54, 1.807) is 19.1 Å². The van der Waals surface area contributed by atoms with E-state index in [4.69, 9.17) is 10.5 Å². The normalized spacial score (nSPS) is 12.3. The second-order valence-electron chi connectivity index (χ2n) is 3.59. The van der Waals surface area contributed by atoms with E-state index >= 15 is 0 Å². The predicted molar refractivity (Wildman–Crippen MR) is 61.4 cm³/mol. The van der Waals surface area contributed by atoms with Crippen molar-refractivity contribution in [3.8, 4) is 5.75 Å². The Morgan fingerprint density at radius 3 is 2.78 bits per heavy atom. The SMILES string of the molecule is CCOC(=O)[C@@H](N)Cc1cccc(OC(F)F)c1. The first-order valence-corrected chi connectivity index (χ1v) is 5.49. The molecule has 18 heavy (non-hydrogen) atoms. The molecule has 0 saturated carbocycles. The van der Waals surface area contributed by atoms with Gasteiger partial charge in [-0.05, 0) is 31.0 Å². The molecule has 0 amide bonds. The number of benzene rings is 1. The number of carbonyl (C=O) groups excluding carboxylic acids is 1. The molecule has 0 radical (unpaired) electrons. The second-order valence-corrected chi connectivity index (χ2v) is 3.59. The van der Waals surface area contributed by atoms with Gasteiger partial charge in [0.15, 0.2) is 0 Å². The van der Waals surface area contributed by atoms with Crippen LogP contribution in [0.3, 0.4) is 0 Å². The maximum Gasteiger partial charge on any atom is 0.387 e. The van der Waals surface area contributed by atoms with Crippen LogP contribution in [0.2, 0.25) is 0 Å². The summed E-state index contributed by atoms with van der Waals surface area (Å²) in [4.78, 5) is 11.3. The van der Waals surface area contributed by atoms with Gasteiger partial charge in [0.05, 0.1) is 6.61 Å². The lowest BCUT2D eigenvalue weighted by Gasteiger charge is -2.11. The van der Waals surface area contributed by atoms with Crippen molar-refractivity contribution in [1.29, 1.82) is 0 Å². The number of ether oxygens (including phenoxy) is 2. The largest absolute Gasteiger partial charge is 0.465 e. The molecule has 0 saturated heterocycles. The Labute approximate surface area is 104 Å². The highest BCUT2D eigenvalue weighted by Crippen LogP contribution is 2.16. The summed E-state index contributed by atoms with van der Waals surface area (Å²) >= 11 is 0. The Morgan fingerprint density at radius 2 is 2.17 bits per heavy atom. The first-order chi connectivity index (χ1) is 8.52. The summed E-state index contributed by atoms with van der Waals surface area (Å²) in [6, 6.07) is 5.26. The van der Waals surface area contributed by atoms with E-state index in [0.29, 0.717) is 5.56 Å². The van der Waals surface area contributed by atoms with Crippen LogP contribution in [-0.2, 0) is 16.0 Å². The molecule has 0 aliphatic carbocycles. The molecule has 6 heteroatoms. The molecule has 1 aromatic carbocycles. The summed E-state index contributed by atoms with van der Waals surface area (Å²) in [5.41, 5.74) is 6.26. The van der Waals surface area contributed by atoms with Crippen molar-refractivity contribution in [2.24, 2.45) is 5.73 Å². The summed E-state index contributed by atoms with van der Waals surface area (Å²) in [7, 11) is 0. The molecule has 1 rings (SSSR count). The summed E-state index contributed by atoms with van der Waals surface area (Å²) in [5.74, 6) is -0.476. The first-order valence-electron chi connectivity index (χ1n) is 5.49. The highest BCUT2D eigenvalue weighted by molar-refractivity contribution is 5.75. The van der Waals surface area contributed by atoms with E-state index in [2.05, 4.69) is 4.74 Å². The van der Waals surface area contributed by atoms with Crippen molar-refractivity contribution < 1.29 is 23.0 Å². The Hall–Kier alpha value is -1.69.